The molecule has 0 aliphatic carbocycles. The first kappa shape index (κ1) is 25.1. The van der Waals surface area contributed by atoms with Crippen molar-refractivity contribution in [2.75, 3.05) is 12.9 Å². The summed E-state index contributed by atoms with van der Waals surface area (Å²) >= 11 is 1.42. The second-order valence-electron chi connectivity index (χ2n) is 8.83. The number of carbonyl (C=O) groups is 1. The number of aliphatic hydroxyl groups is 1. The number of amides is 1. The van der Waals surface area contributed by atoms with Gasteiger partial charge in [-0.3, -0.25) is 4.79 Å². The van der Waals surface area contributed by atoms with Gasteiger partial charge < -0.3 is 14.6 Å². The third-order valence-electron chi connectivity index (χ3n) is 5.92. The van der Waals surface area contributed by atoms with Crippen LogP contribution in [0, 0.1) is 11.7 Å². The molecule has 37 heavy (non-hydrogen) atoms. The van der Waals surface area contributed by atoms with E-state index >= 15 is 0 Å². The van der Waals surface area contributed by atoms with Crippen molar-refractivity contribution >= 4 is 37.5 Å². The Morgan fingerprint density at radius 2 is 2.05 bits per heavy atom. The van der Waals surface area contributed by atoms with E-state index in [9.17, 15) is 22.7 Å². The smallest absolute Gasteiger partial charge is 0.264 e. The number of hydrogen-bond donors (Lipinski definition) is 2. The molecule has 2 heterocycles. The van der Waals surface area contributed by atoms with Crippen molar-refractivity contribution in [1.82, 2.24) is 9.71 Å². The van der Waals surface area contributed by atoms with Crippen LogP contribution >= 0.6 is 11.3 Å². The Bertz CT molecular complexity index is 1590. The van der Waals surface area contributed by atoms with Crippen LogP contribution in [-0.4, -0.2) is 37.3 Å². The first-order valence-corrected chi connectivity index (χ1v) is 14.1. The molecule has 5 rings (SSSR count). The summed E-state index contributed by atoms with van der Waals surface area (Å²) in [5.74, 6) is -0.252. The Kier molecular flexibility index (Phi) is 6.84. The molecule has 3 aromatic carbocycles. The average Bonchev–Trinajstić information content (AvgIpc) is 3.26. The van der Waals surface area contributed by atoms with Gasteiger partial charge in [-0.2, -0.15) is 0 Å². The average molecular weight is 543 g/mol. The van der Waals surface area contributed by atoms with E-state index in [4.69, 9.17) is 9.47 Å². The molecule has 0 bridgehead atoms. The third kappa shape index (κ3) is 5.90. The van der Waals surface area contributed by atoms with E-state index in [0.717, 1.165) is 16.5 Å². The van der Waals surface area contributed by atoms with Gasteiger partial charge in [-0.05, 0) is 54.4 Å². The van der Waals surface area contributed by atoms with E-state index in [1.54, 1.807) is 36.4 Å². The predicted octanol–water partition coefficient (Wildman–Crippen LogP) is 3.99. The van der Waals surface area contributed by atoms with Crippen LogP contribution in [0.2, 0.25) is 0 Å². The maximum Gasteiger partial charge on any atom is 0.264 e. The minimum Gasteiger partial charge on any atom is -0.493 e. The molecule has 192 valence electrons. The number of halogens is 1. The fourth-order valence-corrected chi connectivity index (χ4v) is 5.53. The van der Waals surface area contributed by atoms with Crippen LogP contribution < -0.4 is 14.2 Å². The van der Waals surface area contributed by atoms with Crippen molar-refractivity contribution in [3.8, 4) is 11.5 Å². The molecule has 2 N–H and O–H groups in total. The molecule has 1 aromatic heterocycles. The number of hydrogen-bond acceptors (Lipinski definition) is 8. The lowest BCUT2D eigenvalue weighted by atomic mass is 9.87. The highest BCUT2D eigenvalue weighted by Gasteiger charge is 2.30. The summed E-state index contributed by atoms with van der Waals surface area (Å²) in [5.41, 5.74) is 2.14. The highest BCUT2D eigenvalue weighted by atomic mass is 32.2. The summed E-state index contributed by atoms with van der Waals surface area (Å²) in [5, 5.41) is 11.8. The molecule has 2 atom stereocenters. The Morgan fingerprint density at radius 1 is 1.22 bits per heavy atom. The summed E-state index contributed by atoms with van der Waals surface area (Å²) in [6.45, 7) is 0.471. The summed E-state index contributed by atoms with van der Waals surface area (Å²) in [6, 6.07) is 16.3. The third-order valence-corrected chi connectivity index (χ3v) is 7.49. The highest BCUT2D eigenvalue weighted by Crippen LogP contribution is 2.39. The largest absolute Gasteiger partial charge is 0.493 e. The minimum atomic E-state index is -3.68. The molecule has 0 spiro atoms. The van der Waals surface area contributed by atoms with E-state index in [1.807, 2.05) is 10.8 Å². The number of carbonyl (C=O) groups excluding carboxylic acids is 1. The molecular formula is C26H23FN2O6S2. The Morgan fingerprint density at radius 3 is 2.86 bits per heavy atom. The van der Waals surface area contributed by atoms with E-state index < -0.39 is 22.0 Å². The zero-order chi connectivity index (χ0) is 26.2. The molecule has 2 unspecified atom stereocenters. The monoisotopic (exact) mass is 542 g/mol. The first-order chi connectivity index (χ1) is 17.6. The lowest BCUT2D eigenvalue weighted by Gasteiger charge is -2.30. The summed E-state index contributed by atoms with van der Waals surface area (Å²) < 4.78 is 50.8. The summed E-state index contributed by atoms with van der Waals surface area (Å²) in [4.78, 5) is 16.6. The summed E-state index contributed by atoms with van der Waals surface area (Å²) in [6.07, 6.45) is 0.486. The fraction of sp³-hybridized carbons (Fsp3) is 0.231. The van der Waals surface area contributed by atoms with E-state index in [0.29, 0.717) is 34.0 Å². The van der Waals surface area contributed by atoms with Crippen LogP contribution in [0.1, 0.15) is 32.6 Å². The molecule has 0 saturated heterocycles. The molecule has 4 aromatic rings. The van der Waals surface area contributed by atoms with E-state index in [2.05, 4.69) is 4.98 Å². The van der Waals surface area contributed by atoms with E-state index in [1.165, 1.54) is 29.5 Å². The van der Waals surface area contributed by atoms with Crippen molar-refractivity contribution in [1.29, 1.82) is 0 Å². The number of sulfonamides is 1. The minimum absolute atomic E-state index is 0.197. The van der Waals surface area contributed by atoms with Gasteiger partial charge in [0.2, 0.25) is 10.0 Å². The van der Waals surface area contributed by atoms with Crippen LogP contribution in [0.3, 0.4) is 0 Å². The standard InChI is InChI=1S/C26H23FN2O6S2/c1-37(32,33)29-26(31)16-4-2-3-15(9-16)10-17-13-35-22-7-6-19(12-20(22)25(17)30)34-14-24-28-21-11-18(27)5-8-23(21)36-24/h2-9,11-12,17,25,30H,10,13-14H2,1H3,(H,29,31). The number of aromatic nitrogens is 1. The summed E-state index contributed by atoms with van der Waals surface area (Å²) in [7, 11) is -3.68. The molecule has 1 aliphatic rings. The van der Waals surface area contributed by atoms with Gasteiger partial charge in [0.15, 0.2) is 0 Å². The number of fused-ring (bicyclic) bond motifs is 2. The van der Waals surface area contributed by atoms with Gasteiger partial charge >= 0.3 is 0 Å². The van der Waals surface area contributed by atoms with Gasteiger partial charge in [0, 0.05) is 23.1 Å². The number of nitrogens with one attached hydrogen (secondary N) is 1. The van der Waals surface area contributed by atoms with Gasteiger partial charge in [0.1, 0.15) is 28.9 Å². The van der Waals surface area contributed by atoms with Crippen molar-refractivity contribution in [2.45, 2.75) is 19.1 Å². The SMILES string of the molecule is CS(=O)(=O)NC(=O)c1cccc(CC2COc3ccc(OCc4nc5cc(F)ccc5s4)cc3C2O)c1. The highest BCUT2D eigenvalue weighted by molar-refractivity contribution is 7.89. The maximum atomic E-state index is 13.4. The van der Waals surface area contributed by atoms with E-state index in [-0.39, 0.29) is 30.5 Å². The molecular weight excluding hydrogens is 519 g/mol. The Balaban J connectivity index is 1.27. The van der Waals surface area contributed by atoms with Gasteiger partial charge in [-0.1, -0.05) is 12.1 Å². The first-order valence-electron chi connectivity index (χ1n) is 11.4. The van der Waals surface area contributed by atoms with Crippen LogP contribution in [0.15, 0.2) is 60.7 Å². The molecule has 1 aliphatic heterocycles. The van der Waals surface area contributed by atoms with Crippen molar-refractivity contribution in [2.24, 2.45) is 5.92 Å². The molecule has 8 nitrogen and oxygen atoms in total. The maximum absolute atomic E-state index is 13.4. The van der Waals surface area contributed by atoms with Crippen molar-refractivity contribution in [3.05, 3.63) is 88.2 Å². The second-order valence-corrected chi connectivity index (χ2v) is 11.7. The second kappa shape index (κ2) is 10.1. The van der Waals surface area contributed by atoms with Crippen LogP contribution in [0.4, 0.5) is 4.39 Å². The van der Waals surface area contributed by atoms with Crippen LogP contribution in [0.5, 0.6) is 11.5 Å². The molecule has 0 radical (unpaired) electrons. The lowest BCUT2D eigenvalue weighted by molar-refractivity contribution is 0.0504. The van der Waals surface area contributed by atoms with Gasteiger partial charge in [-0.15, -0.1) is 11.3 Å². The number of aliphatic hydroxyl groups excluding tert-OH is 1. The van der Waals surface area contributed by atoms with Crippen LogP contribution in [0.25, 0.3) is 10.2 Å². The predicted molar refractivity (Wildman–Crippen MR) is 137 cm³/mol. The Hall–Kier alpha value is -3.54. The number of rotatable bonds is 7. The number of thiazole rings is 1. The number of ether oxygens (including phenoxy) is 2. The van der Waals surface area contributed by atoms with Gasteiger partial charge in [0.25, 0.3) is 5.91 Å². The molecule has 11 heteroatoms. The Labute approximate surface area is 216 Å². The number of benzene rings is 3. The topological polar surface area (TPSA) is 115 Å². The molecule has 0 fully saturated rings. The quantitative estimate of drug-likeness (QED) is 0.363. The normalized spacial score (nSPS) is 17.2. The van der Waals surface area contributed by atoms with Gasteiger partial charge in [-0.25, -0.2) is 22.5 Å². The van der Waals surface area contributed by atoms with Crippen molar-refractivity contribution < 1.29 is 32.2 Å². The molecule has 1 amide bonds. The lowest BCUT2D eigenvalue weighted by Crippen LogP contribution is -2.30. The fourth-order valence-electron chi connectivity index (χ4n) is 4.22. The number of nitrogens with zero attached hydrogens (tertiary/aromatic N) is 1. The zero-order valence-corrected chi connectivity index (χ0v) is 21.3. The van der Waals surface area contributed by atoms with Crippen molar-refractivity contribution in [3.63, 3.8) is 0 Å². The zero-order valence-electron chi connectivity index (χ0n) is 19.7. The molecule has 0 saturated carbocycles. The van der Waals surface area contributed by atoms with Crippen LogP contribution in [-0.2, 0) is 23.1 Å². The van der Waals surface area contributed by atoms with Gasteiger partial charge in [0.05, 0.1) is 29.2 Å².